The van der Waals surface area contributed by atoms with Crippen LogP contribution in [-0.2, 0) is 6.54 Å². The van der Waals surface area contributed by atoms with Crippen LogP contribution in [0.15, 0.2) is 46.9 Å². The van der Waals surface area contributed by atoms with Gasteiger partial charge in [0.15, 0.2) is 0 Å². The SMILES string of the molecule is NC(=S)c1cccc(CNC(=O)c2ccc(Cl)c(Br)c2)c1. The molecule has 3 N–H and O–H groups in total. The molecule has 0 saturated heterocycles. The monoisotopic (exact) mass is 382 g/mol. The van der Waals surface area contributed by atoms with Crippen LogP contribution in [0.1, 0.15) is 21.5 Å². The van der Waals surface area contributed by atoms with E-state index in [0.717, 1.165) is 11.1 Å². The summed E-state index contributed by atoms with van der Waals surface area (Å²) in [5.41, 5.74) is 7.84. The summed E-state index contributed by atoms with van der Waals surface area (Å²) in [4.78, 5) is 12.4. The number of halogens is 2. The van der Waals surface area contributed by atoms with Crippen molar-refractivity contribution in [2.75, 3.05) is 0 Å². The van der Waals surface area contributed by atoms with E-state index >= 15 is 0 Å². The Labute approximate surface area is 141 Å². The number of benzene rings is 2. The Balaban J connectivity index is 2.05. The maximum absolute atomic E-state index is 12.1. The number of nitrogens with one attached hydrogen (secondary N) is 1. The van der Waals surface area contributed by atoms with Crippen LogP contribution in [0, 0.1) is 0 Å². The van der Waals surface area contributed by atoms with Gasteiger partial charge in [-0.15, -0.1) is 0 Å². The molecule has 1 amide bonds. The Hall–Kier alpha value is -1.43. The predicted octanol–water partition coefficient (Wildman–Crippen LogP) is 3.67. The minimum atomic E-state index is -0.173. The van der Waals surface area contributed by atoms with Crippen LogP contribution in [0.3, 0.4) is 0 Å². The molecule has 0 fully saturated rings. The smallest absolute Gasteiger partial charge is 0.251 e. The van der Waals surface area contributed by atoms with Gasteiger partial charge in [0.2, 0.25) is 0 Å². The Bertz CT molecular complexity index is 706. The molecule has 108 valence electrons. The quantitative estimate of drug-likeness (QED) is 0.792. The number of carbonyl (C=O) groups is 1. The van der Waals surface area contributed by atoms with Gasteiger partial charge >= 0.3 is 0 Å². The van der Waals surface area contributed by atoms with Gasteiger partial charge in [-0.1, -0.05) is 42.0 Å². The minimum absolute atomic E-state index is 0.173. The van der Waals surface area contributed by atoms with Crippen LogP contribution in [0.2, 0.25) is 5.02 Å². The maximum atomic E-state index is 12.1. The zero-order valence-electron chi connectivity index (χ0n) is 10.9. The molecule has 2 aromatic rings. The third-order valence-electron chi connectivity index (χ3n) is 2.85. The molecule has 6 heteroatoms. The van der Waals surface area contributed by atoms with Gasteiger partial charge in [0, 0.05) is 22.1 Å². The topological polar surface area (TPSA) is 55.1 Å². The maximum Gasteiger partial charge on any atom is 0.251 e. The second-order valence-electron chi connectivity index (χ2n) is 4.38. The fraction of sp³-hybridized carbons (Fsp3) is 0.0667. The minimum Gasteiger partial charge on any atom is -0.389 e. The molecule has 2 rings (SSSR count). The van der Waals surface area contributed by atoms with Gasteiger partial charge in [-0.05, 0) is 45.8 Å². The zero-order valence-corrected chi connectivity index (χ0v) is 14.1. The highest BCUT2D eigenvalue weighted by molar-refractivity contribution is 9.10. The molecular weight excluding hydrogens is 372 g/mol. The second kappa shape index (κ2) is 7.02. The van der Waals surface area contributed by atoms with E-state index in [1.54, 1.807) is 18.2 Å². The molecule has 0 aliphatic rings. The average Bonchev–Trinajstić information content (AvgIpc) is 2.48. The van der Waals surface area contributed by atoms with Crippen LogP contribution in [0.4, 0.5) is 0 Å². The fourth-order valence-corrected chi connectivity index (χ4v) is 2.38. The molecule has 0 aliphatic carbocycles. The van der Waals surface area contributed by atoms with Gasteiger partial charge in [0.25, 0.3) is 5.91 Å². The Morgan fingerprint density at radius 3 is 2.67 bits per heavy atom. The Kier molecular flexibility index (Phi) is 5.33. The molecule has 0 unspecified atom stereocenters. The lowest BCUT2D eigenvalue weighted by molar-refractivity contribution is 0.0951. The van der Waals surface area contributed by atoms with E-state index < -0.39 is 0 Å². The lowest BCUT2D eigenvalue weighted by atomic mass is 10.1. The molecule has 0 radical (unpaired) electrons. The van der Waals surface area contributed by atoms with Crippen molar-refractivity contribution in [1.29, 1.82) is 0 Å². The van der Waals surface area contributed by atoms with Crippen molar-refractivity contribution in [2.45, 2.75) is 6.54 Å². The number of hydrogen-bond donors (Lipinski definition) is 2. The van der Waals surface area contributed by atoms with Crippen molar-refractivity contribution < 1.29 is 4.79 Å². The summed E-state index contributed by atoms with van der Waals surface area (Å²) in [6.45, 7) is 0.398. The van der Waals surface area contributed by atoms with Gasteiger partial charge in [-0.25, -0.2) is 0 Å². The first kappa shape index (κ1) is 15.9. The number of amides is 1. The third-order valence-corrected chi connectivity index (χ3v) is 4.30. The third kappa shape index (κ3) is 4.27. The van der Waals surface area contributed by atoms with E-state index in [1.807, 2.05) is 24.3 Å². The molecule has 0 saturated carbocycles. The first-order chi connectivity index (χ1) is 9.97. The molecule has 0 aliphatic heterocycles. The number of rotatable bonds is 4. The van der Waals surface area contributed by atoms with Gasteiger partial charge in [-0.3, -0.25) is 4.79 Å². The summed E-state index contributed by atoms with van der Waals surface area (Å²) in [5.74, 6) is -0.173. The highest BCUT2D eigenvalue weighted by Crippen LogP contribution is 2.23. The Morgan fingerprint density at radius 1 is 1.24 bits per heavy atom. The summed E-state index contributed by atoms with van der Waals surface area (Å²) in [6.07, 6.45) is 0. The lowest BCUT2D eigenvalue weighted by Gasteiger charge is -2.07. The summed E-state index contributed by atoms with van der Waals surface area (Å²) in [5, 5.41) is 3.41. The normalized spacial score (nSPS) is 10.2. The van der Waals surface area contributed by atoms with Crippen molar-refractivity contribution in [2.24, 2.45) is 5.73 Å². The highest BCUT2D eigenvalue weighted by atomic mass is 79.9. The molecule has 0 atom stereocenters. The number of nitrogens with two attached hydrogens (primary N) is 1. The first-order valence-electron chi connectivity index (χ1n) is 6.09. The number of thiocarbonyl (C=S) groups is 1. The van der Waals surface area contributed by atoms with E-state index in [-0.39, 0.29) is 5.91 Å². The van der Waals surface area contributed by atoms with Crippen molar-refractivity contribution in [3.05, 3.63) is 68.7 Å². The van der Waals surface area contributed by atoms with Crippen molar-refractivity contribution >= 4 is 50.6 Å². The zero-order chi connectivity index (χ0) is 15.4. The van der Waals surface area contributed by atoms with E-state index in [1.165, 1.54) is 0 Å². The number of carbonyl (C=O) groups excluding carboxylic acids is 1. The standard InChI is InChI=1S/C15H12BrClN2OS/c16-12-7-11(4-5-13(12)17)15(20)19-8-9-2-1-3-10(6-9)14(18)21/h1-7H,8H2,(H2,18,21)(H,19,20). The molecule has 0 spiro atoms. The van der Waals surface area contributed by atoms with E-state index in [0.29, 0.717) is 26.6 Å². The van der Waals surface area contributed by atoms with Crippen molar-refractivity contribution in [3.63, 3.8) is 0 Å². The van der Waals surface area contributed by atoms with Gasteiger partial charge in [-0.2, -0.15) is 0 Å². The summed E-state index contributed by atoms with van der Waals surface area (Å²) in [7, 11) is 0. The summed E-state index contributed by atoms with van der Waals surface area (Å²) < 4.78 is 0.687. The highest BCUT2D eigenvalue weighted by Gasteiger charge is 2.08. The molecule has 3 nitrogen and oxygen atoms in total. The molecule has 0 aromatic heterocycles. The fourth-order valence-electron chi connectivity index (χ4n) is 1.76. The number of hydrogen-bond acceptors (Lipinski definition) is 2. The van der Waals surface area contributed by atoms with Crippen LogP contribution in [-0.4, -0.2) is 10.9 Å². The van der Waals surface area contributed by atoms with E-state index in [2.05, 4.69) is 21.2 Å². The first-order valence-corrected chi connectivity index (χ1v) is 7.67. The summed E-state index contributed by atoms with van der Waals surface area (Å²) in [6, 6.07) is 12.5. The summed E-state index contributed by atoms with van der Waals surface area (Å²) >= 11 is 14.1. The lowest BCUT2D eigenvalue weighted by Crippen LogP contribution is -2.23. The van der Waals surface area contributed by atoms with E-state index in [9.17, 15) is 4.79 Å². The average molecular weight is 384 g/mol. The largest absolute Gasteiger partial charge is 0.389 e. The van der Waals surface area contributed by atoms with Crippen molar-refractivity contribution in [3.8, 4) is 0 Å². The van der Waals surface area contributed by atoms with Gasteiger partial charge < -0.3 is 11.1 Å². The van der Waals surface area contributed by atoms with Crippen LogP contribution >= 0.6 is 39.7 Å². The van der Waals surface area contributed by atoms with E-state index in [4.69, 9.17) is 29.6 Å². The van der Waals surface area contributed by atoms with Gasteiger partial charge in [0.1, 0.15) is 4.99 Å². The Morgan fingerprint density at radius 2 is 2.00 bits per heavy atom. The van der Waals surface area contributed by atoms with Crippen LogP contribution < -0.4 is 11.1 Å². The van der Waals surface area contributed by atoms with Gasteiger partial charge in [0.05, 0.1) is 5.02 Å². The molecule has 2 aromatic carbocycles. The molecular formula is C15H12BrClN2OS. The molecule has 21 heavy (non-hydrogen) atoms. The molecule has 0 bridgehead atoms. The second-order valence-corrected chi connectivity index (χ2v) is 6.08. The predicted molar refractivity (Wildman–Crippen MR) is 92.7 cm³/mol. The van der Waals surface area contributed by atoms with Crippen LogP contribution in [0.25, 0.3) is 0 Å². The van der Waals surface area contributed by atoms with Crippen LogP contribution in [0.5, 0.6) is 0 Å². The molecule has 0 heterocycles. The van der Waals surface area contributed by atoms with Crippen molar-refractivity contribution in [1.82, 2.24) is 5.32 Å².